The Hall–Kier alpha value is -3.49. The smallest absolute Gasteiger partial charge is 0.293 e. The van der Waals surface area contributed by atoms with Crippen LogP contribution in [0, 0.1) is 6.92 Å². The normalized spacial score (nSPS) is 11.9. The predicted octanol–water partition coefficient (Wildman–Crippen LogP) is 3.47. The molecule has 6 nitrogen and oxygen atoms in total. The van der Waals surface area contributed by atoms with Crippen molar-refractivity contribution in [3.8, 4) is 22.4 Å². The van der Waals surface area contributed by atoms with Crippen LogP contribution in [0.5, 0.6) is 0 Å². The second-order valence-corrected chi connectivity index (χ2v) is 5.96. The monoisotopic (exact) mass is 371 g/mol. The number of rotatable bonds is 2. The van der Waals surface area contributed by atoms with Gasteiger partial charge in [0.2, 0.25) is 0 Å². The molecule has 0 spiro atoms. The number of aromatic amines is 1. The van der Waals surface area contributed by atoms with E-state index < -0.39 is 11.7 Å². The van der Waals surface area contributed by atoms with Crippen molar-refractivity contribution in [1.29, 1.82) is 0 Å². The lowest BCUT2D eigenvalue weighted by molar-refractivity contribution is -0.137. The lowest BCUT2D eigenvalue weighted by Crippen LogP contribution is -2.14. The quantitative estimate of drug-likeness (QED) is 0.585. The summed E-state index contributed by atoms with van der Waals surface area (Å²) in [6.07, 6.45) is -1.45. The largest absolute Gasteiger partial charge is 0.416 e. The van der Waals surface area contributed by atoms with Gasteiger partial charge in [0.1, 0.15) is 0 Å². The van der Waals surface area contributed by atoms with E-state index in [1.165, 1.54) is 35.1 Å². The Morgan fingerprint density at radius 3 is 2.41 bits per heavy atom. The third-order valence-corrected chi connectivity index (χ3v) is 4.18. The summed E-state index contributed by atoms with van der Waals surface area (Å²) < 4.78 is 39.7. The van der Waals surface area contributed by atoms with E-state index in [2.05, 4.69) is 20.3 Å². The molecule has 0 fully saturated rings. The van der Waals surface area contributed by atoms with Gasteiger partial charge in [-0.25, -0.2) is 9.50 Å². The second-order valence-electron chi connectivity index (χ2n) is 5.96. The van der Waals surface area contributed by atoms with Gasteiger partial charge in [-0.2, -0.15) is 23.4 Å². The molecule has 0 bridgehead atoms. The molecule has 0 aliphatic rings. The van der Waals surface area contributed by atoms with Crippen LogP contribution in [0.2, 0.25) is 0 Å². The van der Waals surface area contributed by atoms with Gasteiger partial charge in [-0.1, -0.05) is 12.1 Å². The highest BCUT2D eigenvalue weighted by atomic mass is 19.4. The minimum atomic E-state index is -4.41. The summed E-state index contributed by atoms with van der Waals surface area (Å²) >= 11 is 0. The summed E-state index contributed by atoms with van der Waals surface area (Å²) in [7, 11) is 0. The Kier molecular flexibility index (Phi) is 3.79. The summed E-state index contributed by atoms with van der Waals surface area (Å²) in [5.74, 6) is 0. The van der Waals surface area contributed by atoms with Gasteiger partial charge < -0.3 is 0 Å². The number of halogens is 3. The average Bonchev–Trinajstić information content (AvgIpc) is 2.98. The molecule has 0 aliphatic heterocycles. The van der Waals surface area contributed by atoms with E-state index in [-0.39, 0.29) is 5.56 Å². The molecule has 3 heterocycles. The van der Waals surface area contributed by atoms with Crippen LogP contribution in [0.1, 0.15) is 11.3 Å². The van der Waals surface area contributed by atoms with E-state index in [1.54, 1.807) is 13.0 Å². The van der Waals surface area contributed by atoms with Crippen LogP contribution in [0.25, 0.3) is 28.0 Å². The van der Waals surface area contributed by atoms with Crippen molar-refractivity contribution in [3.63, 3.8) is 0 Å². The number of nitrogens with zero attached hydrogens (tertiary/aromatic N) is 4. The molecule has 0 radical (unpaired) electrons. The lowest BCUT2D eigenvalue weighted by Gasteiger charge is -2.08. The molecule has 9 heteroatoms. The number of aromatic nitrogens is 5. The number of hydrogen-bond donors (Lipinski definition) is 1. The van der Waals surface area contributed by atoms with Gasteiger partial charge in [-0.3, -0.25) is 9.89 Å². The standard InChI is InChI=1S/C18H12F3N5O/c1-10-16(11-2-4-13(5-3-11)18(19,20)21)17-24-14(8-15(27)26(17)25-10)12-6-7-22-23-9-12/h2-9,25H,1H3. The maximum atomic E-state index is 12.8. The zero-order valence-corrected chi connectivity index (χ0v) is 13.9. The zero-order chi connectivity index (χ0) is 19.2. The van der Waals surface area contributed by atoms with Gasteiger partial charge in [-0.15, -0.1) is 0 Å². The Morgan fingerprint density at radius 1 is 1.04 bits per heavy atom. The molecule has 0 amide bonds. The van der Waals surface area contributed by atoms with Crippen molar-refractivity contribution in [2.45, 2.75) is 13.1 Å². The molecule has 0 atom stereocenters. The van der Waals surface area contributed by atoms with Crippen molar-refractivity contribution in [1.82, 2.24) is 24.8 Å². The van der Waals surface area contributed by atoms with Crippen LogP contribution >= 0.6 is 0 Å². The molecule has 0 aliphatic carbocycles. The summed E-state index contributed by atoms with van der Waals surface area (Å²) in [6.45, 7) is 1.73. The van der Waals surface area contributed by atoms with E-state index in [1.807, 2.05) is 0 Å². The number of benzene rings is 1. The number of nitrogens with one attached hydrogen (secondary N) is 1. The second kappa shape index (κ2) is 6.04. The minimum Gasteiger partial charge on any atom is -0.293 e. The van der Waals surface area contributed by atoms with Crippen LogP contribution < -0.4 is 5.56 Å². The average molecular weight is 371 g/mol. The fourth-order valence-corrected chi connectivity index (χ4v) is 2.91. The first-order valence-electron chi connectivity index (χ1n) is 7.91. The summed E-state index contributed by atoms with van der Waals surface area (Å²) in [5.41, 5.74) is 1.96. The van der Waals surface area contributed by atoms with Crippen molar-refractivity contribution >= 4 is 5.65 Å². The van der Waals surface area contributed by atoms with E-state index >= 15 is 0 Å². The lowest BCUT2D eigenvalue weighted by atomic mass is 10.0. The van der Waals surface area contributed by atoms with E-state index in [4.69, 9.17) is 0 Å². The molecular formula is C18H12F3N5O. The number of alkyl halides is 3. The third-order valence-electron chi connectivity index (χ3n) is 4.18. The van der Waals surface area contributed by atoms with Crippen molar-refractivity contribution in [3.05, 3.63) is 70.4 Å². The first-order chi connectivity index (χ1) is 12.8. The molecule has 1 aromatic carbocycles. The molecular weight excluding hydrogens is 359 g/mol. The maximum Gasteiger partial charge on any atom is 0.416 e. The summed E-state index contributed by atoms with van der Waals surface area (Å²) in [6, 6.07) is 7.77. The van der Waals surface area contributed by atoms with Crippen LogP contribution in [0.15, 0.2) is 53.6 Å². The van der Waals surface area contributed by atoms with Crippen LogP contribution in [0.4, 0.5) is 13.2 Å². The van der Waals surface area contributed by atoms with Gasteiger partial charge in [0.25, 0.3) is 5.56 Å². The Morgan fingerprint density at radius 2 is 1.78 bits per heavy atom. The fraction of sp³-hybridized carbons (Fsp3) is 0.111. The number of fused-ring (bicyclic) bond motifs is 1. The number of H-pyrrole nitrogens is 1. The van der Waals surface area contributed by atoms with Gasteiger partial charge >= 0.3 is 6.18 Å². The molecule has 0 saturated heterocycles. The Balaban J connectivity index is 1.92. The number of hydrogen-bond acceptors (Lipinski definition) is 4. The first kappa shape index (κ1) is 17.0. The molecule has 0 saturated carbocycles. The molecule has 3 aromatic heterocycles. The first-order valence-corrected chi connectivity index (χ1v) is 7.91. The predicted molar refractivity (Wildman–Crippen MR) is 92.0 cm³/mol. The molecule has 27 heavy (non-hydrogen) atoms. The van der Waals surface area contributed by atoms with E-state index in [9.17, 15) is 18.0 Å². The van der Waals surface area contributed by atoms with Crippen molar-refractivity contribution < 1.29 is 13.2 Å². The topological polar surface area (TPSA) is 75.9 Å². The highest BCUT2D eigenvalue weighted by Gasteiger charge is 2.30. The number of aryl methyl sites for hydroxylation is 1. The highest BCUT2D eigenvalue weighted by Crippen LogP contribution is 2.33. The van der Waals surface area contributed by atoms with Gasteiger partial charge in [0.05, 0.1) is 23.7 Å². The SMILES string of the molecule is Cc1[nH]n2c(=O)cc(-c3ccnnc3)nc2c1-c1ccc(C(F)(F)F)cc1. The molecule has 4 aromatic rings. The minimum absolute atomic E-state index is 0.326. The molecule has 0 unspecified atom stereocenters. The van der Waals surface area contributed by atoms with Crippen molar-refractivity contribution in [2.75, 3.05) is 0 Å². The van der Waals surface area contributed by atoms with E-state index in [0.717, 1.165) is 12.1 Å². The molecule has 1 N–H and O–H groups in total. The van der Waals surface area contributed by atoms with Gasteiger partial charge in [-0.05, 0) is 30.7 Å². The fourth-order valence-electron chi connectivity index (χ4n) is 2.91. The van der Waals surface area contributed by atoms with Gasteiger partial charge in [0.15, 0.2) is 5.65 Å². The summed E-state index contributed by atoms with van der Waals surface area (Å²) in [5, 5.41) is 10.4. The summed E-state index contributed by atoms with van der Waals surface area (Å²) in [4.78, 5) is 17.0. The Bertz CT molecular complexity index is 1180. The zero-order valence-electron chi connectivity index (χ0n) is 13.9. The highest BCUT2D eigenvalue weighted by molar-refractivity contribution is 5.81. The van der Waals surface area contributed by atoms with E-state index in [0.29, 0.717) is 33.7 Å². The van der Waals surface area contributed by atoms with Crippen LogP contribution in [-0.2, 0) is 6.18 Å². The third kappa shape index (κ3) is 2.97. The maximum absolute atomic E-state index is 12.8. The van der Waals surface area contributed by atoms with Crippen LogP contribution in [-0.4, -0.2) is 24.8 Å². The van der Waals surface area contributed by atoms with Crippen molar-refractivity contribution in [2.24, 2.45) is 0 Å². The Labute approximate surface area is 150 Å². The molecule has 4 rings (SSSR count). The molecule has 136 valence electrons. The van der Waals surface area contributed by atoms with Crippen LogP contribution in [0.3, 0.4) is 0 Å². The van der Waals surface area contributed by atoms with Gasteiger partial charge in [0, 0.05) is 22.9 Å².